The van der Waals surface area contributed by atoms with E-state index in [9.17, 15) is 23.5 Å². The van der Waals surface area contributed by atoms with Gasteiger partial charge >= 0.3 is 5.97 Å². The van der Waals surface area contributed by atoms with Crippen LogP contribution < -0.4 is 5.32 Å². The fourth-order valence-electron chi connectivity index (χ4n) is 1.98. The molecular weight excluding hydrogens is 328 g/mol. The Bertz CT molecular complexity index is 695. The molecule has 0 unspecified atom stereocenters. The Hall–Kier alpha value is -2.48. The van der Waals surface area contributed by atoms with Crippen LogP contribution in [0.3, 0.4) is 0 Å². The van der Waals surface area contributed by atoms with Gasteiger partial charge < -0.3 is 15.2 Å². The topological polar surface area (TPSA) is 75.6 Å². The molecule has 0 saturated carbocycles. The summed E-state index contributed by atoms with van der Waals surface area (Å²) in [6.45, 7) is 0. The Kier molecular flexibility index (Phi) is 5.28. The first-order valence-corrected chi connectivity index (χ1v) is 7.39. The Morgan fingerprint density at radius 3 is 2.70 bits per heavy atom. The molecule has 1 amide bonds. The van der Waals surface area contributed by atoms with E-state index in [-0.39, 0.29) is 6.42 Å². The molecule has 0 aliphatic rings. The van der Waals surface area contributed by atoms with Gasteiger partial charge in [0, 0.05) is 17.0 Å². The maximum absolute atomic E-state index is 13.7. The minimum absolute atomic E-state index is 0.160. The number of nitrogens with one attached hydrogen (secondary N) is 1. The number of methoxy groups -OCH3 is 1. The fourth-order valence-corrected chi connectivity index (χ4v) is 2.76. The van der Waals surface area contributed by atoms with Gasteiger partial charge in [-0.1, -0.05) is 6.07 Å². The van der Waals surface area contributed by atoms with Crippen LogP contribution in [0.5, 0.6) is 5.75 Å². The molecular formula is C15H13F2NO4S. The molecule has 2 aromatic rings. The van der Waals surface area contributed by atoms with Crippen molar-refractivity contribution in [3.05, 3.63) is 51.7 Å². The molecule has 0 bridgehead atoms. The molecule has 0 fully saturated rings. The van der Waals surface area contributed by atoms with E-state index < -0.39 is 40.9 Å². The second-order valence-electron chi connectivity index (χ2n) is 4.60. The highest BCUT2D eigenvalue weighted by Gasteiger charge is 2.24. The molecule has 2 N–H and O–H groups in total. The number of hydrogen-bond acceptors (Lipinski definition) is 5. The first kappa shape index (κ1) is 16.9. The molecule has 0 radical (unpaired) electrons. The summed E-state index contributed by atoms with van der Waals surface area (Å²) in [7, 11) is 1.21. The minimum Gasteiger partial charge on any atom is -0.507 e. The van der Waals surface area contributed by atoms with Crippen LogP contribution in [-0.2, 0) is 9.53 Å². The zero-order chi connectivity index (χ0) is 17.0. The van der Waals surface area contributed by atoms with E-state index in [0.717, 1.165) is 0 Å². The summed E-state index contributed by atoms with van der Waals surface area (Å²) in [5, 5.41) is 13.8. The van der Waals surface area contributed by atoms with Crippen LogP contribution in [-0.4, -0.2) is 24.1 Å². The first-order chi connectivity index (χ1) is 10.9. The van der Waals surface area contributed by atoms with Crippen molar-refractivity contribution in [3.63, 3.8) is 0 Å². The molecule has 0 aliphatic heterocycles. The van der Waals surface area contributed by atoms with Crippen LogP contribution in [0.4, 0.5) is 8.78 Å². The summed E-state index contributed by atoms with van der Waals surface area (Å²) in [5.41, 5.74) is -0.683. The van der Waals surface area contributed by atoms with Crippen molar-refractivity contribution in [2.75, 3.05) is 7.11 Å². The lowest BCUT2D eigenvalue weighted by Crippen LogP contribution is -2.30. The number of esters is 1. The van der Waals surface area contributed by atoms with E-state index in [2.05, 4.69) is 10.1 Å². The number of aromatic hydroxyl groups is 1. The summed E-state index contributed by atoms with van der Waals surface area (Å²) in [4.78, 5) is 24.3. The normalized spacial score (nSPS) is 11.8. The van der Waals surface area contributed by atoms with Gasteiger partial charge in [-0.3, -0.25) is 9.59 Å². The van der Waals surface area contributed by atoms with Crippen LogP contribution in [0.15, 0.2) is 29.6 Å². The van der Waals surface area contributed by atoms with Crippen molar-refractivity contribution < 1.29 is 28.2 Å². The van der Waals surface area contributed by atoms with E-state index in [1.165, 1.54) is 18.4 Å². The Morgan fingerprint density at radius 1 is 1.39 bits per heavy atom. The molecule has 1 heterocycles. The average molecular weight is 341 g/mol. The predicted molar refractivity (Wildman–Crippen MR) is 79.2 cm³/mol. The summed E-state index contributed by atoms with van der Waals surface area (Å²) in [5.74, 6) is -4.53. The van der Waals surface area contributed by atoms with Gasteiger partial charge in [0.25, 0.3) is 5.91 Å². The van der Waals surface area contributed by atoms with Gasteiger partial charge in [0.05, 0.1) is 19.6 Å². The van der Waals surface area contributed by atoms with Gasteiger partial charge in [-0.15, -0.1) is 11.3 Å². The van der Waals surface area contributed by atoms with E-state index in [1.807, 2.05) is 0 Å². The van der Waals surface area contributed by atoms with Crippen molar-refractivity contribution in [2.45, 2.75) is 12.5 Å². The molecule has 1 atom stereocenters. The number of ether oxygens (including phenoxy) is 1. The second-order valence-corrected chi connectivity index (χ2v) is 5.58. The van der Waals surface area contributed by atoms with Crippen molar-refractivity contribution in [2.24, 2.45) is 0 Å². The third kappa shape index (κ3) is 4.04. The number of rotatable bonds is 5. The zero-order valence-corrected chi connectivity index (χ0v) is 12.8. The summed E-state index contributed by atoms with van der Waals surface area (Å²) < 4.78 is 31.3. The van der Waals surface area contributed by atoms with Gasteiger partial charge in [0.1, 0.15) is 22.9 Å². The van der Waals surface area contributed by atoms with E-state index in [0.29, 0.717) is 17.0 Å². The molecule has 1 aromatic heterocycles. The van der Waals surface area contributed by atoms with Crippen molar-refractivity contribution >= 4 is 23.2 Å². The Morgan fingerprint density at radius 2 is 2.13 bits per heavy atom. The molecule has 5 nitrogen and oxygen atoms in total. The molecule has 0 aliphatic carbocycles. The Balaban J connectivity index is 2.26. The largest absolute Gasteiger partial charge is 0.507 e. The molecule has 0 spiro atoms. The maximum Gasteiger partial charge on any atom is 0.307 e. The average Bonchev–Trinajstić information content (AvgIpc) is 2.99. The quantitative estimate of drug-likeness (QED) is 0.820. The highest BCUT2D eigenvalue weighted by molar-refractivity contribution is 7.10. The van der Waals surface area contributed by atoms with Gasteiger partial charge in [0.15, 0.2) is 0 Å². The number of halogens is 2. The van der Waals surface area contributed by atoms with Gasteiger partial charge in [-0.05, 0) is 11.4 Å². The van der Waals surface area contributed by atoms with Crippen molar-refractivity contribution in [1.29, 1.82) is 0 Å². The van der Waals surface area contributed by atoms with Crippen molar-refractivity contribution in [1.82, 2.24) is 5.32 Å². The van der Waals surface area contributed by atoms with Crippen LogP contribution in [0.2, 0.25) is 0 Å². The number of carbonyl (C=O) groups excluding carboxylic acids is 2. The van der Waals surface area contributed by atoms with E-state index in [1.54, 1.807) is 17.5 Å². The molecule has 122 valence electrons. The van der Waals surface area contributed by atoms with Crippen LogP contribution in [0.25, 0.3) is 0 Å². The minimum atomic E-state index is -1.19. The molecule has 1 aromatic carbocycles. The smallest absolute Gasteiger partial charge is 0.307 e. The first-order valence-electron chi connectivity index (χ1n) is 6.51. The third-order valence-corrected chi connectivity index (χ3v) is 4.04. The van der Waals surface area contributed by atoms with Crippen LogP contribution in [0, 0.1) is 11.6 Å². The highest BCUT2D eigenvalue weighted by Crippen LogP contribution is 2.26. The Labute approximate surface area is 134 Å². The molecule has 8 heteroatoms. The summed E-state index contributed by atoms with van der Waals surface area (Å²) >= 11 is 1.29. The second kappa shape index (κ2) is 7.19. The number of phenolic OH excluding ortho intramolecular Hbond substituents is 1. The highest BCUT2D eigenvalue weighted by atomic mass is 32.1. The third-order valence-electron chi connectivity index (χ3n) is 3.05. The predicted octanol–water partition coefficient (Wildman–Crippen LogP) is 2.77. The number of thiophene rings is 1. The lowest BCUT2D eigenvalue weighted by Gasteiger charge is -2.17. The number of phenols is 1. The van der Waals surface area contributed by atoms with Crippen LogP contribution >= 0.6 is 11.3 Å². The summed E-state index contributed by atoms with van der Waals surface area (Å²) in [6.07, 6.45) is -0.160. The van der Waals surface area contributed by atoms with Gasteiger partial charge in [-0.25, -0.2) is 8.78 Å². The molecule has 0 saturated heterocycles. The van der Waals surface area contributed by atoms with Gasteiger partial charge in [0.2, 0.25) is 0 Å². The van der Waals surface area contributed by atoms with Gasteiger partial charge in [-0.2, -0.15) is 0 Å². The van der Waals surface area contributed by atoms with Crippen LogP contribution in [0.1, 0.15) is 27.7 Å². The monoisotopic (exact) mass is 341 g/mol. The number of amides is 1. The lowest BCUT2D eigenvalue weighted by molar-refractivity contribution is -0.141. The maximum atomic E-state index is 13.7. The SMILES string of the molecule is COC(=O)C[C@H](NC(=O)c1c(O)cc(F)cc1F)c1cccs1. The zero-order valence-electron chi connectivity index (χ0n) is 12.0. The van der Waals surface area contributed by atoms with E-state index in [4.69, 9.17) is 0 Å². The molecule has 2 rings (SSSR count). The number of carbonyl (C=O) groups is 2. The fraction of sp³-hybridized carbons (Fsp3) is 0.200. The van der Waals surface area contributed by atoms with E-state index >= 15 is 0 Å². The summed E-state index contributed by atoms with van der Waals surface area (Å²) in [6, 6.07) is 3.80. The van der Waals surface area contributed by atoms with Crippen molar-refractivity contribution in [3.8, 4) is 5.75 Å². The number of hydrogen-bond donors (Lipinski definition) is 2. The molecule has 23 heavy (non-hydrogen) atoms. The number of benzene rings is 1. The lowest BCUT2D eigenvalue weighted by atomic mass is 10.1. The standard InChI is InChI=1S/C15H13F2NO4S/c1-22-13(20)7-10(12-3-2-4-23-12)18-15(21)14-9(17)5-8(16)6-11(14)19/h2-6,10,19H,7H2,1H3,(H,18,21)/t10-/m0/s1.